The molecule has 7 heteroatoms. The van der Waals surface area contributed by atoms with E-state index in [0.717, 1.165) is 23.6 Å². The first-order valence-electron chi connectivity index (χ1n) is 5.40. The minimum atomic E-state index is 0.240. The van der Waals surface area contributed by atoms with Crippen LogP contribution in [0.15, 0.2) is 6.33 Å². The average Bonchev–Trinajstić information content (AvgIpc) is 2.74. The molecule has 1 unspecified atom stereocenters. The molecule has 0 fully saturated rings. The van der Waals surface area contributed by atoms with Gasteiger partial charge in [-0.1, -0.05) is 6.92 Å². The smallest absolute Gasteiger partial charge is 0.224 e. The first-order valence-corrected chi connectivity index (χ1v) is 6.79. The largest absolute Gasteiger partial charge is 0.368 e. The first-order chi connectivity index (χ1) is 8.20. The summed E-state index contributed by atoms with van der Waals surface area (Å²) in [4.78, 5) is 15.3. The van der Waals surface area contributed by atoms with Crippen LogP contribution in [-0.4, -0.2) is 38.5 Å². The number of nitrogens with two attached hydrogens (primary N) is 1. The van der Waals surface area contributed by atoms with Gasteiger partial charge in [0.2, 0.25) is 5.95 Å². The van der Waals surface area contributed by atoms with Crippen molar-refractivity contribution < 1.29 is 0 Å². The predicted octanol–water partition coefficient (Wildman–Crippen LogP) is 1.35. The van der Waals surface area contributed by atoms with Crippen LogP contribution >= 0.6 is 11.8 Å². The van der Waals surface area contributed by atoms with E-state index in [0.29, 0.717) is 11.6 Å². The zero-order valence-electron chi connectivity index (χ0n) is 9.90. The fourth-order valence-corrected chi connectivity index (χ4v) is 2.28. The van der Waals surface area contributed by atoms with Gasteiger partial charge in [0.05, 0.1) is 6.33 Å². The molecule has 0 saturated heterocycles. The lowest BCUT2D eigenvalue weighted by atomic mass is 10.2. The third-order valence-electron chi connectivity index (χ3n) is 2.37. The topological polar surface area (TPSA) is 92.5 Å². The van der Waals surface area contributed by atoms with E-state index in [1.807, 2.05) is 11.8 Å². The molecule has 2 aromatic heterocycles. The maximum atomic E-state index is 5.63. The van der Waals surface area contributed by atoms with Crippen LogP contribution in [0.1, 0.15) is 6.92 Å². The van der Waals surface area contributed by atoms with Gasteiger partial charge in [0, 0.05) is 6.54 Å². The molecule has 2 rings (SSSR count). The fraction of sp³-hybridized carbons (Fsp3) is 0.500. The van der Waals surface area contributed by atoms with Crippen LogP contribution in [0.3, 0.4) is 0 Å². The van der Waals surface area contributed by atoms with E-state index in [9.17, 15) is 0 Å². The number of H-pyrrole nitrogens is 1. The number of rotatable bonds is 5. The summed E-state index contributed by atoms with van der Waals surface area (Å²) in [7, 11) is 0. The van der Waals surface area contributed by atoms with Gasteiger partial charge < -0.3 is 16.0 Å². The van der Waals surface area contributed by atoms with Crippen LogP contribution < -0.4 is 11.1 Å². The molecule has 0 amide bonds. The second kappa shape index (κ2) is 5.22. The normalized spacial score (nSPS) is 12.8. The third-order valence-corrected chi connectivity index (χ3v) is 3.27. The highest BCUT2D eigenvalue weighted by Crippen LogP contribution is 2.17. The summed E-state index contributed by atoms with van der Waals surface area (Å²) in [6.45, 7) is 3.05. The minimum Gasteiger partial charge on any atom is -0.368 e. The Morgan fingerprint density at radius 2 is 2.35 bits per heavy atom. The lowest BCUT2D eigenvalue weighted by molar-refractivity contribution is 0.700. The Labute approximate surface area is 104 Å². The SMILES string of the molecule is CSCC(C)CNc1nc(N)nc2nc[nH]c12. The molecule has 92 valence electrons. The van der Waals surface area contributed by atoms with Gasteiger partial charge in [-0.25, -0.2) is 4.98 Å². The van der Waals surface area contributed by atoms with E-state index in [1.165, 1.54) is 0 Å². The molecule has 4 N–H and O–H groups in total. The number of nitrogens with one attached hydrogen (secondary N) is 2. The molecule has 2 heterocycles. The molecule has 0 aliphatic rings. The molecule has 6 nitrogen and oxygen atoms in total. The number of fused-ring (bicyclic) bond motifs is 1. The predicted molar refractivity (Wildman–Crippen MR) is 72.1 cm³/mol. The standard InChI is InChI=1S/C10H16N6S/c1-6(4-17-2)3-12-8-7-9(14-5-13-7)16-10(11)15-8/h5-6H,3-4H2,1-2H3,(H4,11,12,13,14,15,16). The van der Waals surface area contributed by atoms with Gasteiger partial charge in [0.1, 0.15) is 5.52 Å². The van der Waals surface area contributed by atoms with Crippen LogP contribution in [0.2, 0.25) is 0 Å². The molecule has 0 radical (unpaired) electrons. The fourth-order valence-electron chi connectivity index (χ4n) is 1.59. The van der Waals surface area contributed by atoms with Crippen molar-refractivity contribution in [3.63, 3.8) is 0 Å². The van der Waals surface area contributed by atoms with Crippen molar-refractivity contribution in [1.29, 1.82) is 0 Å². The Kier molecular flexibility index (Phi) is 3.68. The summed E-state index contributed by atoms with van der Waals surface area (Å²) in [5.74, 6) is 2.64. The summed E-state index contributed by atoms with van der Waals surface area (Å²) in [6.07, 6.45) is 3.70. The maximum absolute atomic E-state index is 5.63. The number of aromatic nitrogens is 4. The first kappa shape index (κ1) is 12.0. The van der Waals surface area contributed by atoms with Gasteiger partial charge in [-0.2, -0.15) is 21.7 Å². The second-order valence-electron chi connectivity index (χ2n) is 3.97. The quantitative estimate of drug-likeness (QED) is 0.743. The molecular weight excluding hydrogens is 236 g/mol. The number of imidazole rings is 1. The number of thioether (sulfide) groups is 1. The zero-order valence-corrected chi connectivity index (χ0v) is 10.7. The van der Waals surface area contributed by atoms with Crippen LogP contribution in [-0.2, 0) is 0 Å². The van der Waals surface area contributed by atoms with E-state index in [2.05, 4.69) is 38.4 Å². The van der Waals surface area contributed by atoms with Gasteiger partial charge in [-0.05, 0) is 17.9 Å². The highest BCUT2D eigenvalue weighted by molar-refractivity contribution is 7.98. The molecule has 2 aromatic rings. The van der Waals surface area contributed by atoms with E-state index in [4.69, 9.17) is 5.73 Å². The third kappa shape index (κ3) is 2.79. The van der Waals surface area contributed by atoms with Gasteiger partial charge in [0.15, 0.2) is 11.5 Å². The molecule has 0 aliphatic heterocycles. The molecule has 0 spiro atoms. The highest BCUT2D eigenvalue weighted by Gasteiger charge is 2.09. The zero-order chi connectivity index (χ0) is 12.3. The van der Waals surface area contributed by atoms with Crippen LogP contribution in [0, 0.1) is 5.92 Å². The van der Waals surface area contributed by atoms with Crippen LogP contribution in [0.25, 0.3) is 11.2 Å². The highest BCUT2D eigenvalue weighted by atomic mass is 32.2. The molecule has 0 bridgehead atoms. The van der Waals surface area contributed by atoms with Gasteiger partial charge >= 0.3 is 0 Å². The Morgan fingerprint density at radius 1 is 1.53 bits per heavy atom. The van der Waals surface area contributed by atoms with Crippen molar-refractivity contribution in [1.82, 2.24) is 19.9 Å². The van der Waals surface area contributed by atoms with E-state index in [1.54, 1.807) is 6.33 Å². The molecule has 1 atom stereocenters. The maximum Gasteiger partial charge on any atom is 0.224 e. The van der Waals surface area contributed by atoms with E-state index in [-0.39, 0.29) is 5.95 Å². The second-order valence-corrected chi connectivity index (χ2v) is 4.88. The lowest BCUT2D eigenvalue weighted by Gasteiger charge is -2.12. The Morgan fingerprint density at radius 3 is 3.12 bits per heavy atom. The number of nitrogens with zero attached hydrogens (tertiary/aromatic N) is 3. The van der Waals surface area contributed by atoms with Crippen LogP contribution in [0.5, 0.6) is 0 Å². The van der Waals surface area contributed by atoms with Crippen molar-refractivity contribution >= 4 is 34.7 Å². The molecule has 0 saturated carbocycles. The van der Waals surface area contributed by atoms with Gasteiger partial charge in [0.25, 0.3) is 0 Å². The van der Waals surface area contributed by atoms with Crippen molar-refractivity contribution in [3.8, 4) is 0 Å². The molecular formula is C10H16N6S. The van der Waals surface area contributed by atoms with E-state index >= 15 is 0 Å². The summed E-state index contributed by atoms with van der Waals surface area (Å²) in [5, 5.41) is 3.28. The Bertz CT molecular complexity index is 497. The number of anilines is 2. The van der Waals surface area contributed by atoms with Gasteiger partial charge in [-0.3, -0.25) is 0 Å². The van der Waals surface area contributed by atoms with Crippen molar-refractivity contribution in [2.24, 2.45) is 5.92 Å². The summed E-state index contributed by atoms with van der Waals surface area (Å²) in [5.41, 5.74) is 7.03. The van der Waals surface area contributed by atoms with Gasteiger partial charge in [-0.15, -0.1) is 0 Å². The molecule has 17 heavy (non-hydrogen) atoms. The number of nitrogen functional groups attached to an aromatic ring is 1. The summed E-state index contributed by atoms with van der Waals surface area (Å²) < 4.78 is 0. The monoisotopic (exact) mass is 252 g/mol. The average molecular weight is 252 g/mol. The summed E-state index contributed by atoms with van der Waals surface area (Å²) >= 11 is 1.84. The summed E-state index contributed by atoms with van der Waals surface area (Å²) in [6, 6.07) is 0. The Balaban J connectivity index is 2.14. The van der Waals surface area contributed by atoms with Crippen molar-refractivity contribution in [2.75, 3.05) is 29.6 Å². The molecule has 0 aliphatic carbocycles. The Hall–Kier alpha value is -1.50. The number of hydrogen-bond acceptors (Lipinski definition) is 6. The van der Waals surface area contributed by atoms with Crippen molar-refractivity contribution in [3.05, 3.63) is 6.33 Å². The minimum absolute atomic E-state index is 0.240. The van der Waals surface area contributed by atoms with Crippen LogP contribution in [0.4, 0.5) is 11.8 Å². The molecule has 0 aromatic carbocycles. The lowest BCUT2D eigenvalue weighted by Crippen LogP contribution is -2.15. The number of hydrogen-bond donors (Lipinski definition) is 3. The van der Waals surface area contributed by atoms with E-state index < -0.39 is 0 Å². The number of aromatic amines is 1. The van der Waals surface area contributed by atoms with Crippen molar-refractivity contribution in [2.45, 2.75) is 6.92 Å².